The molecule has 0 aromatic carbocycles. The second kappa shape index (κ2) is 11.0. The molecule has 45 heavy (non-hydrogen) atoms. The molecule has 8 aromatic rings. The van der Waals surface area contributed by atoms with Crippen molar-refractivity contribution in [3.05, 3.63) is 147 Å². The summed E-state index contributed by atoms with van der Waals surface area (Å²) in [5.41, 5.74) is 6.50. The predicted octanol–water partition coefficient (Wildman–Crippen LogP) is 4.65. The summed E-state index contributed by atoms with van der Waals surface area (Å²) in [4.78, 5) is 17.2. The van der Waals surface area contributed by atoms with Gasteiger partial charge in [0.25, 0.3) is 0 Å². The van der Waals surface area contributed by atoms with Crippen LogP contribution < -0.4 is 0 Å². The second-order valence-corrected chi connectivity index (χ2v) is 10.4. The lowest BCUT2D eigenvalue weighted by Gasteiger charge is -2.41. The molecule has 0 fully saturated rings. The van der Waals surface area contributed by atoms with Crippen LogP contribution in [0.15, 0.2) is 147 Å². The largest absolute Gasteiger partial charge is 0.466 e. The first-order valence-electron chi connectivity index (χ1n) is 14.3. The number of aromatic nitrogens is 12. The lowest BCUT2D eigenvalue weighted by molar-refractivity contribution is 0.658. The topological polar surface area (TPSA) is 123 Å². The molecule has 13 heteroatoms. The van der Waals surface area contributed by atoms with Crippen molar-refractivity contribution < 1.29 is 0 Å². The van der Waals surface area contributed by atoms with Gasteiger partial charge in [0, 0.05) is 71.8 Å². The molecule has 216 valence electrons. The lowest BCUT2D eigenvalue weighted by atomic mass is 9.75. The van der Waals surface area contributed by atoms with E-state index < -0.39 is 6.69 Å². The maximum atomic E-state index is 5.11. The number of nitrogens with zero attached hydrogens (tertiary/aromatic N) is 12. The van der Waals surface area contributed by atoms with Crippen LogP contribution in [0.4, 0.5) is 0 Å². The molecule has 8 rings (SSSR count). The van der Waals surface area contributed by atoms with E-state index in [4.69, 9.17) is 20.4 Å². The first-order chi connectivity index (χ1) is 22.3. The van der Waals surface area contributed by atoms with Crippen molar-refractivity contribution in [1.29, 1.82) is 0 Å². The summed E-state index contributed by atoms with van der Waals surface area (Å²) in [5.74, 6) is 0. The Labute approximate surface area is 257 Å². The van der Waals surface area contributed by atoms with Crippen LogP contribution in [0.1, 0.15) is 0 Å². The monoisotopic (exact) mass is 587 g/mol. The van der Waals surface area contributed by atoms with Crippen molar-refractivity contribution in [2.45, 2.75) is 0 Å². The molecule has 0 radical (unpaired) electrons. The standard InChI is InChI=1S/C32H24BN12/c1-5-25(21-34-13-1)29-9-17-42(38-29)33(43-18-10-30(39-43)26-6-2-14-35-22-26,44-19-11-31(40-44)27-7-3-15-36-23-27)45-20-12-32(41-45)28-8-4-16-37-24-28/h1-24H/q-1. The normalized spacial score (nSPS) is 11.6. The van der Waals surface area contributed by atoms with Gasteiger partial charge in [0.2, 0.25) is 0 Å². The van der Waals surface area contributed by atoms with Gasteiger partial charge in [-0.25, -0.2) is 20.4 Å². The summed E-state index contributed by atoms with van der Waals surface area (Å²) in [6.07, 6.45) is 21.8. The molecule has 0 amide bonds. The van der Waals surface area contributed by atoms with E-state index in [2.05, 4.69) is 19.9 Å². The van der Waals surface area contributed by atoms with Crippen LogP contribution in [0, 0.1) is 0 Å². The highest BCUT2D eigenvalue weighted by Crippen LogP contribution is 2.26. The van der Waals surface area contributed by atoms with Crippen LogP contribution in [-0.4, -0.2) is 65.4 Å². The predicted molar refractivity (Wildman–Crippen MR) is 169 cm³/mol. The van der Waals surface area contributed by atoms with E-state index in [-0.39, 0.29) is 0 Å². The van der Waals surface area contributed by atoms with Crippen molar-refractivity contribution in [3.63, 3.8) is 0 Å². The van der Waals surface area contributed by atoms with Crippen molar-refractivity contribution >= 4 is 6.69 Å². The summed E-state index contributed by atoms with van der Waals surface area (Å²) in [5, 5.41) is 20.5. The molecular weight excluding hydrogens is 563 g/mol. The molecule has 0 aliphatic carbocycles. The zero-order valence-electron chi connectivity index (χ0n) is 23.8. The molecule has 0 atom stereocenters. The third-order valence-corrected chi connectivity index (χ3v) is 7.68. The van der Waals surface area contributed by atoms with Gasteiger partial charge in [-0.2, -0.15) is 0 Å². The van der Waals surface area contributed by atoms with Gasteiger partial charge in [0.15, 0.2) is 0 Å². The van der Waals surface area contributed by atoms with Crippen molar-refractivity contribution in [2.75, 3.05) is 0 Å². The second-order valence-electron chi connectivity index (χ2n) is 10.4. The summed E-state index contributed by atoms with van der Waals surface area (Å²) < 4.78 is 7.45. The Kier molecular flexibility index (Phi) is 6.38. The SMILES string of the molecule is c1cncc(-c2ccn([B-](n3ccc(-c4cccnc4)n3)(n3ccc(-c4cccnc4)n3)n3ccc(-c4cccnc4)n3)n2)c1. The molecule has 0 saturated heterocycles. The van der Waals surface area contributed by atoms with E-state index in [0.717, 1.165) is 45.0 Å². The number of pyridine rings is 4. The average molecular weight is 587 g/mol. The Bertz CT molecular complexity index is 1850. The number of hydrogen-bond donors (Lipinski definition) is 0. The minimum Gasteiger partial charge on any atom is -0.379 e. The minimum atomic E-state index is -2.39. The average Bonchev–Trinajstić information content (AvgIpc) is 3.96. The molecule has 8 aromatic heterocycles. The molecule has 0 aliphatic rings. The molecule has 0 spiro atoms. The van der Waals surface area contributed by atoms with Crippen molar-refractivity contribution in [3.8, 4) is 45.0 Å². The Morgan fingerprint density at radius 1 is 0.356 bits per heavy atom. The zero-order chi connectivity index (χ0) is 30.1. The lowest BCUT2D eigenvalue weighted by Crippen LogP contribution is -2.65. The fourth-order valence-corrected chi connectivity index (χ4v) is 5.52. The Balaban J connectivity index is 1.39. The molecule has 0 saturated carbocycles. The molecule has 0 unspecified atom stereocenters. The highest BCUT2D eigenvalue weighted by Gasteiger charge is 2.40. The number of hydrogen-bond acceptors (Lipinski definition) is 8. The van der Waals surface area contributed by atoms with E-state index >= 15 is 0 Å². The van der Waals surface area contributed by atoms with Gasteiger partial charge in [-0.05, 0) is 97.6 Å². The van der Waals surface area contributed by atoms with E-state index in [1.165, 1.54) is 0 Å². The maximum absolute atomic E-state index is 5.11. The molecular formula is C32H24BN12-. The fraction of sp³-hybridized carbons (Fsp3) is 0. The van der Waals surface area contributed by atoms with E-state index in [0.29, 0.717) is 0 Å². The van der Waals surface area contributed by atoms with E-state index in [1.807, 2.05) is 116 Å². The maximum Gasteiger partial charge on any atom is 0.466 e. The summed E-state index contributed by atoms with van der Waals surface area (Å²) >= 11 is 0. The van der Waals surface area contributed by atoms with Crippen LogP contribution in [0.5, 0.6) is 0 Å². The third kappa shape index (κ3) is 4.59. The fourth-order valence-electron chi connectivity index (χ4n) is 5.52. The van der Waals surface area contributed by atoms with Crippen molar-refractivity contribution in [2.24, 2.45) is 0 Å². The molecule has 0 bridgehead atoms. The first kappa shape index (κ1) is 26.2. The van der Waals surface area contributed by atoms with Gasteiger partial charge < -0.3 is 18.4 Å². The van der Waals surface area contributed by atoms with Crippen LogP contribution >= 0.6 is 0 Å². The van der Waals surface area contributed by atoms with Crippen LogP contribution in [-0.2, 0) is 0 Å². The van der Waals surface area contributed by atoms with Gasteiger partial charge in [0.1, 0.15) is 0 Å². The molecule has 8 heterocycles. The Hall–Kier alpha value is -6.50. The highest BCUT2D eigenvalue weighted by atomic mass is 15.6. The molecule has 0 N–H and O–H groups in total. The quantitative estimate of drug-likeness (QED) is 0.236. The molecule has 12 nitrogen and oxygen atoms in total. The minimum absolute atomic E-state index is 0.744. The summed E-state index contributed by atoms with van der Waals surface area (Å²) in [6.45, 7) is -2.39. The highest BCUT2D eigenvalue weighted by molar-refractivity contribution is 6.72. The zero-order valence-corrected chi connectivity index (χ0v) is 23.8. The van der Waals surface area contributed by atoms with Crippen LogP contribution in [0.25, 0.3) is 45.0 Å². The van der Waals surface area contributed by atoms with Crippen molar-refractivity contribution in [1.82, 2.24) is 58.7 Å². The number of rotatable bonds is 8. The smallest absolute Gasteiger partial charge is 0.379 e. The van der Waals surface area contributed by atoms with Crippen LogP contribution in [0.3, 0.4) is 0 Å². The van der Waals surface area contributed by atoms with Gasteiger partial charge in [-0.15, -0.1) is 0 Å². The Morgan fingerprint density at radius 3 is 0.844 bits per heavy atom. The third-order valence-electron chi connectivity index (χ3n) is 7.68. The Morgan fingerprint density at radius 2 is 0.622 bits per heavy atom. The van der Waals surface area contributed by atoms with Crippen LogP contribution in [0.2, 0.25) is 0 Å². The van der Waals surface area contributed by atoms with E-state index in [9.17, 15) is 0 Å². The summed E-state index contributed by atoms with van der Waals surface area (Å²) in [6, 6.07) is 23.3. The first-order valence-corrected chi connectivity index (χ1v) is 14.3. The van der Waals surface area contributed by atoms with E-state index in [1.54, 1.807) is 49.6 Å². The summed E-state index contributed by atoms with van der Waals surface area (Å²) in [7, 11) is 0. The van der Waals surface area contributed by atoms with Gasteiger partial charge in [0.05, 0.1) is 22.8 Å². The van der Waals surface area contributed by atoms with Gasteiger partial charge in [-0.3, -0.25) is 19.9 Å². The van der Waals surface area contributed by atoms with Gasteiger partial charge >= 0.3 is 6.69 Å². The van der Waals surface area contributed by atoms with Gasteiger partial charge in [-0.1, -0.05) is 0 Å². The molecule has 0 aliphatic heterocycles.